The van der Waals surface area contributed by atoms with Gasteiger partial charge in [0.15, 0.2) is 5.96 Å². The van der Waals surface area contributed by atoms with Crippen LogP contribution in [-0.2, 0) is 4.74 Å². The number of halogens is 1. The summed E-state index contributed by atoms with van der Waals surface area (Å²) >= 11 is 0. The third-order valence-electron chi connectivity index (χ3n) is 6.20. The highest BCUT2D eigenvalue weighted by atomic mass is 127. The molecule has 7 nitrogen and oxygen atoms in total. The minimum Gasteiger partial charge on any atom is -0.379 e. The molecular formula is C23H49IN6O. The van der Waals surface area contributed by atoms with Crippen molar-refractivity contribution in [3.8, 4) is 0 Å². The quantitative estimate of drug-likeness (QED) is 0.233. The summed E-state index contributed by atoms with van der Waals surface area (Å²) in [6, 6.07) is 0.532. The third kappa shape index (κ3) is 11.5. The molecule has 2 saturated heterocycles. The summed E-state index contributed by atoms with van der Waals surface area (Å²) < 4.78 is 5.55. The topological polar surface area (TPSA) is 55.4 Å². The average Bonchev–Trinajstić information content (AvgIpc) is 2.75. The maximum Gasteiger partial charge on any atom is 0.191 e. The largest absolute Gasteiger partial charge is 0.379 e. The van der Waals surface area contributed by atoms with Crippen LogP contribution >= 0.6 is 24.0 Å². The van der Waals surface area contributed by atoms with Crippen LogP contribution in [0, 0.1) is 11.8 Å². The lowest BCUT2D eigenvalue weighted by Gasteiger charge is -2.36. The Morgan fingerprint density at radius 3 is 2.16 bits per heavy atom. The molecule has 0 aromatic heterocycles. The lowest BCUT2D eigenvalue weighted by molar-refractivity contribution is 0.0132. The molecule has 0 aliphatic carbocycles. The molecule has 2 fully saturated rings. The molecule has 0 aromatic carbocycles. The van der Waals surface area contributed by atoms with Crippen LogP contribution < -0.4 is 10.6 Å². The van der Waals surface area contributed by atoms with Crippen LogP contribution in [0.25, 0.3) is 0 Å². The highest BCUT2D eigenvalue weighted by Gasteiger charge is 2.22. The molecule has 2 atom stereocenters. The first-order valence-corrected chi connectivity index (χ1v) is 12.3. The molecule has 0 amide bonds. The zero-order valence-corrected chi connectivity index (χ0v) is 23.1. The smallest absolute Gasteiger partial charge is 0.191 e. The van der Waals surface area contributed by atoms with Gasteiger partial charge in [0.2, 0.25) is 0 Å². The van der Waals surface area contributed by atoms with Gasteiger partial charge < -0.3 is 25.2 Å². The molecule has 2 heterocycles. The van der Waals surface area contributed by atoms with E-state index < -0.39 is 0 Å². The van der Waals surface area contributed by atoms with Gasteiger partial charge in [-0.2, -0.15) is 0 Å². The minimum absolute atomic E-state index is 0. The van der Waals surface area contributed by atoms with Crippen molar-refractivity contribution in [1.29, 1.82) is 0 Å². The Kier molecular flexibility index (Phi) is 15.3. The second-order valence-electron chi connectivity index (χ2n) is 9.37. The van der Waals surface area contributed by atoms with Crippen LogP contribution in [0.1, 0.15) is 41.0 Å². The molecule has 2 unspecified atom stereocenters. The van der Waals surface area contributed by atoms with Gasteiger partial charge in [-0.1, -0.05) is 27.7 Å². The van der Waals surface area contributed by atoms with Crippen LogP contribution in [0.4, 0.5) is 0 Å². The molecule has 8 heteroatoms. The average molecular weight is 553 g/mol. The van der Waals surface area contributed by atoms with E-state index >= 15 is 0 Å². The van der Waals surface area contributed by atoms with E-state index in [1.165, 1.54) is 39.1 Å². The Morgan fingerprint density at radius 1 is 0.935 bits per heavy atom. The highest BCUT2D eigenvalue weighted by Crippen LogP contribution is 2.13. The molecule has 2 aliphatic rings. The first-order chi connectivity index (χ1) is 14.5. The van der Waals surface area contributed by atoms with E-state index in [-0.39, 0.29) is 24.0 Å². The van der Waals surface area contributed by atoms with Crippen molar-refractivity contribution >= 4 is 29.9 Å². The van der Waals surface area contributed by atoms with E-state index in [1.54, 1.807) is 0 Å². The molecule has 2 N–H and O–H groups in total. The Hall–Kier alpha value is -0.160. The van der Waals surface area contributed by atoms with Gasteiger partial charge in [0.05, 0.1) is 13.2 Å². The number of piperazine rings is 1. The van der Waals surface area contributed by atoms with Crippen molar-refractivity contribution in [3.63, 3.8) is 0 Å². The van der Waals surface area contributed by atoms with Gasteiger partial charge in [0, 0.05) is 71.5 Å². The number of rotatable bonds is 11. The number of guanidine groups is 1. The number of morpholine rings is 1. The second kappa shape index (κ2) is 16.5. The van der Waals surface area contributed by atoms with Crippen LogP contribution in [0.2, 0.25) is 0 Å². The Morgan fingerprint density at radius 2 is 1.58 bits per heavy atom. The van der Waals surface area contributed by atoms with E-state index in [0.717, 1.165) is 58.4 Å². The monoisotopic (exact) mass is 552 g/mol. The fourth-order valence-electron chi connectivity index (χ4n) is 4.44. The highest BCUT2D eigenvalue weighted by molar-refractivity contribution is 14.0. The molecule has 31 heavy (non-hydrogen) atoms. The maximum atomic E-state index is 5.55. The van der Waals surface area contributed by atoms with Gasteiger partial charge in [-0.05, 0) is 31.7 Å². The number of aliphatic imine (C=N–C) groups is 1. The number of hydrogen-bond acceptors (Lipinski definition) is 5. The van der Waals surface area contributed by atoms with E-state index in [1.807, 2.05) is 0 Å². The Balaban J connectivity index is 0.00000480. The van der Waals surface area contributed by atoms with Crippen LogP contribution in [0.3, 0.4) is 0 Å². The second-order valence-corrected chi connectivity index (χ2v) is 9.37. The summed E-state index contributed by atoms with van der Waals surface area (Å²) in [4.78, 5) is 12.6. The lowest BCUT2D eigenvalue weighted by Crippen LogP contribution is -2.51. The van der Waals surface area contributed by atoms with Gasteiger partial charge in [-0.25, -0.2) is 0 Å². The predicted molar refractivity (Wildman–Crippen MR) is 143 cm³/mol. The standard InChI is InChI=1S/C23H48N6O.HI/c1-6-24-23(25-17-21(5)19-28-10-8-27(7-2)9-11-28)26-18-22(16-20(3)4)29-12-14-30-15-13-29;/h20-22H,6-19H2,1-5H3,(H2,24,25,26);1H. The van der Waals surface area contributed by atoms with Crippen molar-refractivity contribution in [2.24, 2.45) is 16.8 Å². The van der Waals surface area contributed by atoms with Gasteiger partial charge in [0.25, 0.3) is 0 Å². The maximum absolute atomic E-state index is 5.55. The first kappa shape index (κ1) is 28.9. The number of hydrogen-bond donors (Lipinski definition) is 2. The van der Waals surface area contributed by atoms with E-state index in [9.17, 15) is 0 Å². The van der Waals surface area contributed by atoms with Crippen LogP contribution in [0.5, 0.6) is 0 Å². The molecular weight excluding hydrogens is 503 g/mol. The zero-order valence-electron chi connectivity index (χ0n) is 20.7. The first-order valence-electron chi connectivity index (χ1n) is 12.3. The van der Waals surface area contributed by atoms with E-state index in [2.05, 4.69) is 60.0 Å². The molecule has 0 bridgehead atoms. The molecule has 184 valence electrons. The van der Waals surface area contributed by atoms with Crippen molar-refractivity contribution in [3.05, 3.63) is 0 Å². The number of ether oxygens (including phenoxy) is 1. The molecule has 0 aromatic rings. The predicted octanol–water partition coefficient (Wildman–Crippen LogP) is 2.18. The summed E-state index contributed by atoms with van der Waals surface area (Å²) in [6.07, 6.45) is 1.20. The molecule has 2 rings (SSSR count). The number of likely N-dealkylation sites (N-methyl/N-ethyl adjacent to an activating group) is 1. The van der Waals surface area contributed by atoms with Crippen molar-refractivity contribution in [1.82, 2.24) is 25.3 Å². The number of nitrogens with zero attached hydrogens (tertiary/aromatic N) is 4. The molecule has 0 spiro atoms. The zero-order chi connectivity index (χ0) is 21.8. The molecule has 2 aliphatic heterocycles. The Bertz CT molecular complexity index is 479. The van der Waals surface area contributed by atoms with Gasteiger partial charge >= 0.3 is 0 Å². The SMILES string of the molecule is CCNC(=NCC(C)CN1CCN(CC)CC1)NCC(CC(C)C)N1CCOCC1.I. The molecule has 0 saturated carbocycles. The van der Waals surface area contributed by atoms with Crippen LogP contribution in [0.15, 0.2) is 4.99 Å². The fourth-order valence-corrected chi connectivity index (χ4v) is 4.44. The van der Waals surface area contributed by atoms with Crippen molar-refractivity contribution in [2.75, 3.05) is 85.2 Å². The van der Waals surface area contributed by atoms with Gasteiger partial charge in [-0.3, -0.25) is 9.89 Å². The fraction of sp³-hybridized carbons (Fsp3) is 0.957. The van der Waals surface area contributed by atoms with E-state index in [4.69, 9.17) is 9.73 Å². The number of nitrogens with one attached hydrogen (secondary N) is 2. The van der Waals surface area contributed by atoms with Crippen LogP contribution in [-0.4, -0.2) is 112 Å². The van der Waals surface area contributed by atoms with Crippen molar-refractivity contribution < 1.29 is 4.74 Å². The summed E-state index contributed by atoms with van der Waals surface area (Å²) in [6.45, 7) is 24.9. The van der Waals surface area contributed by atoms with Crippen molar-refractivity contribution in [2.45, 2.75) is 47.1 Å². The third-order valence-corrected chi connectivity index (χ3v) is 6.20. The summed E-state index contributed by atoms with van der Waals surface area (Å²) in [5.74, 6) is 2.22. The summed E-state index contributed by atoms with van der Waals surface area (Å²) in [7, 11) is 0. The van der Waals surface area contributed by atoms with Gasteiger partial charge in [-0.15, -0.1) is 24.0 Å². The molecule has 0 radical (unpaired) electrons. The minimum atomic E-state index is 0. The Labute approximate surface area is 208 Å². The van der Waals surface area contributed by atoms with E-state index in [0.29, 0.717) is 17.9 Å². The summed E-state index contributed by atoms with van der Waals surface area (Å²) in [5, 5.41) is 7.07. The lowest BCUT2D eigenvalue weighted by atomic mass is 10.0. The van der Waals surface area contributed by atoms with Gasteiger partial charge in [0.1, 0.15) is 0 Å². The summed E-state index contributed by atoms with van der Waals surface area (Å²) in [5.41, 5.74) is 0. The normalized spacial score (nSPS) is 21.5.